The predicted octanol–water partition coefficient (Wildman–Crippen LogP) is 2.53. The minimum absolute atomic E-state index is 0.206. The van der Waals surface area contributed by atoms with E-state index < -0.39 is 0 Å². The zero-order valence-electron chi connectivity index (χ0n) is 18.5. The third kappa shape index (κ3) is 5.35. The third-order valence-electron chi connectivity index (χ3n) is 5.89. The maximum Gasteiger partial charge on any atom is 0.218 e. The summed E-state index contributed by atoms with van der Waals surface area (Å²) in [7, 11) is 1.84. The lowest BCUT2D eigenvalue weighted by molar-refractivity contribution is -0.0502. The average molecular weight is 424 g/mol. The Hall–Kier alpha value is -2.64. The minimum Gasteiger partial charge on any atom is -0.477 e. The Morgan fingerprint density at radius 1 is 1.23 bits per heavy atom. The Kier molecular flexibility index (Phi) is 7.38. The molecule has 2 aliphatic rings. The molecule has 2 aliphatic heterocycles. The first kappa shape index (κ1) is 21.6. The lowest BCUT2D eigenvalue weighted by atomic mass is 10.1. The number of hydrogen-bond donors (Lipinski definition) is 1. The number of ether oxygens (including phenoxy) is 2. The molecule has 2 unspecified atom stereocenters. The number of aromatic nitrogens is 1. The molecule has 31 heavy (non-hydrogen) atoms. The Morgan fingerprint density at radius 3 is 2.90 bits per heavy atom. The summed E-state index contributed by atoms with van der Waals surface area (Å²) in [6, 6.07) is 15.0. The number of benzene rings is 1. The van der Waals surface area contributed by atoms with Crippen LogP contribution < -0.4 is 10.1 Å². The van der Waals surface area contributed by atoms with E-state index >= 15 is 0 Å². The maximum absolute atomic E-state index is 6.12. The van der Waals surface area contributed by atoms with Gasteiger partial charge in [0.05, 0.1) is 25.4 Å². The molecule has 7 nitrogen and oxygen atoms in total. The van der Waals surface area contributed by atoms with Crippen molar-refractivity contribution in [2.75, 3.05) is 39.9 Å². The van der Waals surface area contributed by atoms with Gasteiger partial charge >= 0.3 is 0 Å². The maximum atomic E-state index is 6.12. The van der Waals surface area contributed by atoms with Crippen LogP contribution in [-0.4, -0.2) is 72.8 Å². The highest BCUT2D eigenvalue weighted by atomic mass is 16.5. The van der Waals surface area contributed by atoms with Crippen LogP contribution >= 0.6 is 0 Å². The van der Waals surface area contributed by atoms with Crippen molar-refractivity contribution in [3.05, 3.63) is 59.8 Å². The lowest BCUT2D eigenvalue weighted by Gasteiger charge is -2.36. The normalized spacial score (nSPS) is 21.7. The van der Waals surface area contributed by atoms with Gasteiger partial charge in [0.15, 0.2) is 5.96 Å². The molecule has 0 spiro atoms. The molecule has 3 heterocycles. The van der Waals surface area contributed by atoms with Crippen LogP contribution in [0.5, 0.6) is 5.88 Å². The van der Waals surface area contributed by atoms with E-state index in [0.29, 0.717) is 25.1 Å². The summed E-state index contributed by atoms with van der Waals surface area (Å²) in [5, 5.41) is 3.50. The molecule has 2 atom stereocenters. The van der Waals surface area contributed by atoms with Crippen molar-refractivity contribution >= 4 is 5.96 Å². The van der Waals surface area contributed by atoms with Gasteiger partial charge in [-0.1, -0.05) is 43.3 Å². The predicted molar refractivity (Wildman–Crippen MR) is 122 cm³/mol. The number of rotatable bonds is 7. The lowest BCUT2D eigenvalue weighted by Crippen LogP contribution is -2.50. The van der Waals surface area contributed by atoms with Crippen LogP contribution in [0.3, 0.4) is 0 Å². The van der Waals surface area contributed by atoms with E-state index in [2.05, 4.69) is 62.3 Å². The van der Waals surface area contributed by atoms with Gasteiger partial charge in [0, 0.05) is 51.5 Å². The summed E-state index contributed by atoms with van der Waals surface area (Å²) < 4.78 is 11.9. The second kappa shape index (κ2) is 10.6. The molecule has 7 heteroatoms. The molecule has 2 saturated heterocycles. The van der Waals surface area contributed by atoms with Crippen LogP contribution in [0.15, 0.2) is 53.7 Å². The van der Waals surface area contributed by atoms with Crippen LogP contribution in [0.25, 0.3) is 0 Å². The average Bonchev–Trinajstić information content (AvgIpc) is 3.25. The zero-order chi connectivity index (χ0) is 21.5. The van der Waals surface area contributed by atoms with Crippen molar-refractivity contribution in [3.63, 3.8) is 0 Å². The molecule has 0 radical (unpaired) electrons. The second-order valence-electron chi connectivity index (χ2n) is 8.05. The van der Waals surface area contributed by atoms with Crippen molar-refractivity contribution in [1.29, 1.82) is 0 Å². The highest BCUT2D eigenvalue weighted by Gasteiger charge is 2.41. The van der Waals surface area contributed by atoms with E-state index in [-0.39, 0.29) is 6.10 Å². The summed E-state index contributed by atoms with van der Waals surface area (Å²) in [6.45, 7) is 7.84. The van der Waals surface area contributed by atoms with E-state index in [1.807, 2.05) is 19.2 Å². The Balaban J connectivity index is 1.38. The molecule has 166 valence electrons. The van der Waals surface area contributed by atoms with Gasteiger partial charge in [0.1, 0.15) is 0 Å². The van der Waals surface area contributed by atoms with Crippen LogP contribution in [-0.2, 0) is 17.8 Å². The van der Waals surface area contributed by atoms with Gasteiger partial charge in [-0.25, -0.2) is 4.98 Å². The Labute approximate surface area is 185 Å². The molecule has 1 aromatic carbocycles. The van der Waals surface area contributed by atoms with Crippen molar-refractivity contribution in [2.45, 2.75) is 38.6 Å². The summed E-state index contributed by atoms with van der Waals surface area (Å²) in [5.74, 6) is 1.59. The Morgan fingerprint density at radius 2 is 2.10 bits per heavy atom. The number of morpholine rings is 1. The van der Waals surface area contributed by atoms with E-state index in [0.717, 1.165) is 50.7 Å². The number of guanidine groups is 1. The fourth-order valence-corrected chi connectivity index (χ4v) is 4.34. The number of nitrogens with zero attached hydrogens (tertiary/aromatic N) is 4. The number of hydrogen-bond acceptors (Lipinski definition) is 5. The van der Waals surface area contributed by atoms with E-state index in [4.69, 9.17) is 9.47 Å². The number of nitrogens with one attached hydrogen (secondary N) is 1. The third-order valence-corrected chi connectivity index (χ3v) is 5.89. The number of aliphatic imine (C=N–C) groups is 1. The van der Waals surface area contributed by atoms with E-state index in [1.54, 1.807) is 6.20 Å². The first-order chi connectivity index (χ1) is 15.3. The largest absolute Gasteiger partial charge is 0.477 e. The molecular weight excluding hydrogens is 390 g/mol. The highest BCUT2D eigenvalue weighted by molar-refractivity contribution is 5.80. The van der Waals surface area contributed by atoms with Gasteiger partial charge in [-0.2, -0.15) is 0 Å². The molecule has 0 amide bonds. The van der Waals surface area contributed by atoms with Crippen molar-refractivity contribution in [3.8, 4) is 5.88 Å². The fraction of sp³-hybridized carbons (Fsp3) is 0.500. The molecule has 1 N–H and O–H groups in total. The van der Waals surface area contributed by atoms with Gasteiger partial charge in [-0.05, 0) is 18.1 Å². The van der Waals surface area contributed by atoms with E-state index in [1.165, 1.54) is 5.56 Å². The molecule has 0 bridgehead atoms. The summed E-state index contributed by atoms with van der Waals surface area (Å²) >= 11 is 0. The fourth-order valence-electron chi connectivity index (χ4n) is 4.34. The molecule has 2 fully saturated rings. The first-order valence-corrected chi connectivity index (χ1v) is 11.2. The molecular formula is C24H33N5O2. The van der Waals surface area contributed by atoms with Gasteiger partial charge in [0.25, 0.3) is 0 Å². The van der Waals surface area contributed by atoms with Crippen molar-refractivity contribution in [1.82, 2.24) is 20.1 Å². The topological polar surface area (TPSA) is 62.2 Å². The first-order valence-electron chi connectivity index (χ1n) is 11.2. The monoisotopic (exact) mass is 423 g/mol. The van der Waals surface area contributed by atoms with Crippen LogP contribution in [0.2, 0.25) is 0 Å². The molecule has 2 aromatic rings. The number of pyridine rings is 1. The van der Waals surface area contributed by atoms with Gasteiger partial charge in [-0.15, -0.1) is 0 Å². The molecule has 0 aliphatic carbocycles. The smallest absolute Gasteiger partial charge is 0.218 e. The SMILES string of the molecule is CCCOc1ncccc1CNC(=NC)N1CC2OCCN(Cc3ccccc3)C2C1. The minimum atomic E-state index is 0.206. The quantitative estimate of drug-likeness (QED) is 0.546. The standard InChI is InChI=1S/C24H33N5O2/c1-3-13-31-23-20(10-7-11-26-23)15-27-24(25-2)29-17-21-22(18-29)30-14-12-28(21)16-19-8-5-4-6-9-19/h4-11,21-22H,3,12-18H2,1-2H3,(H,25,27). The highest BCUT2D eigenvalue weighted by Crippen LogP contribution is 2.25. The molecule has 0 saturated carbocycles. The molecule has 1 aromatic heterocycles. The summed E-state index contributed by atoms with van der Waals surface area (Å²) in [5.41, 5.74) is 2.39. The summed E-state index contributed by atoms with van der Waals surface area (Å²) in [6.07, 6.45) is 2.94. The van der Waals surface area contributed by atoms with Gasteiger partial charge < -0.3 is 19.7 Å². The van der Waals surface area contributed by atoms with E-state index in [9.17, 15) is 0 Å². The Bertz CT molecular complexity index is 860. The zero-order valence-corrected chi connectivity index (χ0v) is 18.5. The van der Waals surface area contributed by atoms with Gasteiger partial charge in [-0.3, -0.25) is 9.89 Å². The van der Waals surface area contributed by atoms with Gasteiger partial charge in [0.2, 0.25) is 5.88 Å². The van der Waals surface area contributed by atoms with Crippen LogP contribution in [0.4, 0.5) is 0 Å². The number of likely N-dealkylation sites (tertiary alicyclic amines) is 1. The summed E-state index contributed by atoms with van der Waals surface area (Å²) in [4.78, 5) is 13.8. The van der Waals surface area contributed by atoms with Crippen LogP contribution in [0.1, 0.15) is 24.5 Å². The van der Waals surface area contributed by atoms with Crippen molar-refractivity contribution in [2.24, 2.45) is 4.99 Å². The molecule has 4 rings (SSSR count). The number of fused-ring (bicyclic) bond motifs is 1. The second-order valence-corrected chi connectivity index (χ2v) is 8.05. The van der Waals surface area contributed by atoms with Crippen molar-refractivity contribution < 1.29 is 9.47 Å². The van der Waals surface area contributed by atoms with Crippen LogP contribution in [0, 0.1) is 0 Å².